The Kier molecular flexibility index (Phi) is 4.75. The molecule has 0 aliphatic carbocycles. The van der Waals surface area contributed by atoms with E-state index in [1.54, 1.807) is 12.4 Å². The molecular weight excluding hydrogens is 326 g/mol. The summed E-state index contributed by atoms with van der Waals surface area (Å²) >= 11 is 0. The Hall–Kier alpha value is -2.99. The summed E-state index contributed by atoms with van der Waals surface area (Å²) in [6.07, 6.45) is 8.88. The van der Waals surface area contributed by atoms with Gasteiger partial charge in [0.2, 0.25) is 0 Å². The van der Waals surface area contributed by atoms with Gasteiger partial charge in [0.05, 0.1) is 18.8 Å². The van der Waals surface area contributed by atoms with Crippen LogP contribution in [0.15, 0.2) is 67.4 Å². The highest BCUT2D eigenvalue weighted by Crippen LogP contribution is 2.31. The molecule has 0 saturated carbocycles. The predicted molar refractivity (Wildman–Crippen MR) is 101 cm³/mol. The van der Waals surface area contributed by atoms with Crippen molar-refractivity contribution in [3.05, 3.63) is 78.5 Å². The van der Waals surface area contributed by atoms with Gasteiger partial charge in [0, 0.05) is 50.1 Å². The number of hydrogen-bond acceptors (Lipinski definition) is 6. The standard InChI is InChI=1S/C20H21N5O/c26-15-16-2-1-3-17(12-16)19-14-24(18-4-6-21-7-5-18)10-11-25(19)20-13-22-8-9-23-20/h1-9,12-13,19,26H,10-11,14-15H2. The van der Waals surface area contributed by atoms with Gasteiger partial charge in [0.1, 0.15) is 5.82 Å². The van der Waals surface area contributed by atoms with Crippen molar-refractivity contribution in [1.29, 1.82) is 0 Å². The van der Waals surface area contributed by atoms with E-state index in [0.717, 1.165) is 31.0 Å². The molecule has 3 heterocycles. The minimum atomic E-state index is 0.0414. The zero-order valence-electron chi connectivity index (χ0n) is 14.4. The molecule has 0 spiro atoms. The van der Waals surface area contributed by atoms with Crippen molar-refractivity contribution in [2.24, 2.45) is 0 Å². The molecule has 0 radical (unpaired) electrons. The largest absolute Gasteiger partial charge is 0.392 e. The summed E-state index contributed by atoms with van der Waals surface area (Å²) in [5.74, 6) is 0.876. The lowest BCUT2D eigenvalue weighted by Crippen LogP contribution is -2.49. The molecular formula is C20H21N5O. The highest BCUT2D eigenvalue weighted by molar-refractivity contribution is 5.50. The van der Waals surface area contributed by atoms with E-state index in [1.165, 1.54) is 11.3 Å². The maximum atomic E-state index is 9.52. The van der Waals surface area contributed by atoms with Crippen molar-refractivity contribution >= 4 is 11.5 Å². The molecule has 4 rings (SSSR count). The van der Waals surface area contributed by atoms with Crippen molar-refractivity contribution in [2.75, 3.05) is 29.4 Å². The van der Waals surface area contributed by atoms with Crippen molar-refractivity contribution < 1.29 is 5.11 Å². The molecule has 132 valence electrons. The highest BCUT2D eigenvalue weighted by Gasteiger charge is 2.29. The van der Waals surface area contributed by atoms with Gasteiger partial charge in [-0.1, -0.05) is 24.3 Å². The zero-order valence-corrected chi connectivity index (χ0v) is 14.4. The topological polar surface area (TPSA) is 65.4 Å². The van der Waals surface area contributed by atoms with Gasteiger partial charge < -0.3 is 14.9 Å². The lowest BCUT2D eigenvalue weighted by atomic mass is 9.99. The normalized spacial score (nSPS) is 17.3. The van der Waals surface area contributed by atoms with Crippen LogP contribution in [0.1, 0.15) is 17.2 Å². The molecule has 1 aliphatic heterocycles. The number of rotatable bonds is 4. The van der Waals surface area contributed by atoms with Crippen LogP contribution in [-0.4, -0.2) is 39.7 Å². The maximum absolute atomic E-state index is 9.52. The van der Waals surface area contributed by atoms with Gasteiger partial charge in [0.15, 0.2) is 0 Å². The van der Waals surface area contributed by atoms with E-state index in [0.29, 0.717) is 0 Å². The number of piperazine rings is 1. The summed E-state index contributed by atoms with van der Waals surface area (Å²) < 4.78 is 0. The Bertz CT molecular complexity index is 843. The van der Waals surface area contributed by atoms with Gasteiger partial charge in [-0.3, -0.25) is 9.97 Å². The zero-order chi connectivity index (χ0) is 17.8. The Morgan fingerprint density at radius 1 is 1.00 bits per heavy atom. The summed E-state index contributed by atoms with van der Waals surface area (Å²) in [5, 5.41) is 9.52. The smallest absolute Gasteiger partial charge is 0.147 e. The van der Waals surface area contributed by atoms with E-state index in [4.69, 9.17) is 0 Å². The van der Waals surface area contributed by atoms with Crippen LogP contribution in [0, 0.1) is 0 Å². The van der Waals surface area contributed by atoms with Crippen LogP contribution in [0.2, 0.25) is 0 Å². The maximum Gasteiger partial charge on any atom is 0.147 e. The second kappa shape index (κ2) is 7.49. The van der Waals surface area contributed by atoms with Crippen molar-refractivity contribution in [1.82, 2.24) is 15.0 Å². The third-order valence-electron chi connectivity index (χ3n) is 4.77. The second-order valence-corrected chi connectivity index (χ2v) is 6.33. The Morgan fingerprint density at radius 2 is 1.88 bits per heavy atom. The molecule has 1 unspecified atom stereocenters. The molecule has 1 fully saturated rings. The van der Waals surface area contributed by atoms with Crippen LogP contribution in [0.3, 0.4) is 0 Å². The first-order valence-electron chi connectivity index (χ1n) is 8.72. The summed E-state index contributed by atoms with van der Waals surface area (Å²) in [6, 6.07) is 12.3. The van der Waals surface area contributed by atoms with Crippen LogP contribution >= 0.6 is 0 Å². The fourth-order valence-electron chi connectivity index (χ4n) is 3.47. The van der Waals surface area contributed by atoms with Crippen molar-refractivity contribution in [3.8, 4) is 0 Å². The van der Waals surface area contributed by atoms with Gasteiger partial charge >= 0.3 is 0 Å². The first-order chi connectivity index (χ1) is 12.8. The third-order valence-corrected chi connectivity index (χ3v) is 4.77. The number of pyridine rings is 1. The predicted octanol–water partition coefficient (Wildman–Crippen LogP) is 2.43. The number of hydrogen-bond donors (Lipinski definition) is 1. The van der Waals surface area contributed by atoms with Crippen molar-refractivity contribution in [3.63, 3.8) is 0 Å². The summed E-state index contributed by atoms with van der Waals surface area (Å²) in [6.45, 7) is 2.61. The molecule has 1 aromatic carbocycles. The summed E-state index contributed by atoms with van der Waals surface area (Å²) in [7, 11) is 0. The van der Waals surface area contributed by atoms with Gasteiger partial charge in [-0.25, -0.2) is 4.98 Å². The van der Waals surface area contributed by atoms with E-state index in [1.807, 2.05) is 42.9 Å². The van der Waals surface area contributed by atoms with Crippen LogP contribution in [0.5, 0.6) is 0 Å². The lowest BCUT2D eigenvalue weighted by Gasteiger charge is -2.43. The Balaban J connectivity index is 1.69. The quantitative estimate of drug-likeness (QED) is 0.782. The fourth-order valence-corrected chi connectivity index (χ4v) is 3.47. The number of aliphatic hydroxyl groups excluding tert-OH is 1. The van der Waals surface area contributed by atoms with Crippen LogP contribution in [0.4, 0.5) is 11.5 Å². The van der Waals surface area contributed by atoms with Gasteiger partial charge in [-0.2, -0.15) is 0 Å². The minimum absolute atomic E-state index is 0.0414. The number of aromatic nitrogens is 3. The third kappa shape index (κ3) is 3.36. The molecule has 1 atom stereocenters. The molecule has 1 aliphatic rings. The molecule has 6 heteroatoms. The summed E-state index contributed by atoms with van der Waals surface area (Å²) in [5.41, 5.74) is 3.26. The van der Waals surface area contributed by atoms with Crippen LogP contribution in [-0.2, 0) is 6.61 Å². The first-order valence-corrected chi connectivity index (χ1v) is 8.72. The first kappa shape index (κ1) is 16.5. The monoisotopic (exact) mass is 347 g/mol. The van der Waals surface area contributed by atoms with Crippen LogP contribution < -0.4 is 9.80 Å². The molecule has 0 bridgehead atoms. The lowest BCUT2D eigenvalue weighted by molar-refractivity contribution is 0.281. The van der Waals surface area contributed by atoms with E-state index >= 15 is 0 Å². The molecule has 6 nitrogen and oxygen atoms in total. The SMILES string of the molecule is OCc1cccc(C2CN(c3ccncc3)CCN2c2cnccn2)c1. The van der Waals surface area contributed by atoms with E-state index < -0.39 is 0 Å². The van der Waals surface area contributed by atoms with Crippen LogP contribution in [0.25, 0.3) is 0 Å². The molecule has 1 saturated heterocycles. The number of anilines is 2. The minimum Gasteiger partial charge on any atom is -0.392 e. The van der Waals surface area contributed by atoms with Gasteiger partial charge in [-0.15, -0.1) is 0 Å². The molecule has 3 aromatic rings. The molecule has 26 heavy (non-hydrogen) atoms. The fraction of sp³-hybridized carbons (Fsp3) is 0.250. The van der Waals surface area contributed by atoms with E-state index in [9.17, 15) is 5.11 Å². The molecule has 0 amide bonds. The molecule has 2 aromatic heterocycles. The number of aliphatic hydroxyl groups is 1. The second-order valence-electron chi connectivity index (χ2n) is 6.33. The van der Waals surface area contributed by atoms with E-state index in [2.05, 4.69) is 36.9 Å². The Morgan fingerprint density at radius 3 is 2.65 bits per heavy atom. The Labute approximate surface area is 152 Å². The van der Waals surface area contributed by atoms with Gasteiger partial charge in [-0.05, 0) is 23.3 Å². The van der Waals surface area contributed by atoms with Crippen molar-refractivity contribution in [2.45, 2.75) is 12.6 Å². The summed E-state index contributed by atoms with van der Waals surface area (Å²) in [4.78, 5) is 17.5. The average Bonchev–Trinajstić information content (AvgIpc) is 2.74. The highest BCUT2D eigenvalue weighted by atomic mass is 16.3. The number of nitrogens with zero attached hydrogens (tertiary/aromatic N) is 5. The van der Waals surface area contributed by atoms with E-state index in [-0.39, 0.29) is 12.6 Å². The molecule has 1 N–H and O–H groups in total. The number of benzene rings is 1. The van der Waals surface area contributed by atoms with Gasteiger partial charge in [0.25, 0.3) is 0 Å². The average molecular weight is 347 g/mol.